The third kappa shape index (κ3) is 7.02. The molecule has 3 rings (SSSR count). The predicted octanol–water partition coefficient (Wildman–Crippen LogP) is 3.51. The molecular formula is C21H34IN5O2. The molecule has 2 fully saturated rings. The van der Waals surface area contributed by atoms with Crippen LogP contribution >= 0.6 is 24.0 Å². The Kier molecular flexibility index (Phi) is 9.99. The van der Waals surface area contributed by atoms with Gasteiger partial charge in [-0.05, 0) is 50.3 Å². The Morgan fingerprint density at radius 3 is 2.55 bits per heavy atom. The first-order valence-corrected chi connectivity index (χ1v) is 10.4. The Morgan fingerprint density at radius 2 is 1.90 bits per heavy atom. The van der Waals surface area contributed by atoms with Gasteiger partial charge in [0.05, 0.1) is 6.10 Å². The second kappa shape index (κ2) is 12.2. The monoisotopic (exact) mass is 515 g/mol. The van der Waals surface area contributed by atoms with Gasteiger partial charge in [-0.3, -0.25) is 4.99 Å². The smallest absolute Gasteiger partial charge is 0.321 e. The number of likely N-dealkylation sites (tertiary alicyclic amines) is 2. The van der Waals surface area contributed by atoms with E-state index in [4.69, 9.17) is 4.74 Å². The number of nitrogens with one attached hydrogen (secondary N) is 2. The summed E-state index contributed by atoms with van der Waals surface area (Å²) >= 11 is 0. The van der Waals surface area contributed by atoms with Crippen LogP contribution in [0.1, 0.15) is 38.2 Å². The molecule has 2 N–H and O–H groups in total. The van der Waals surface area contributed by atoms with E-state index in [0.29, 0.717) is 12.6 Å². The van der Waals surface area contributed by atoms with Gasteiger partial charge in [-0.25, -0.2) is 4.79 Å². The number of urea groups is 1. The Balaban J connectivity index is 0.00000300. The number of carbonyl (C=O) groups excluding carboxylic acids is 1. The van der Waals surface area contributed by atoms with Gasteiger partial charge in [0.2, 0.25) is 0 Å². The van der Waals surface area contributed by atoms with E-state index in [1.54, 1.807) is 0 Å². The van der Waals surface area contributed by atoms with Crippen LogP contribution in [0.4, 0.5) is 10.5 Å². The van der Waals surface area contributed by atoms with E-state index in [1.165, 1.54) is 0 Å². The fourth-order valence-corrected chi connectivity index (χ4v) is 3.87. The number of guanidine groups is 1. The van der Waals surface area contributed by atoms with E-state index in [9.17, 15) is 4.79 Å². The molecule has 0 bridgehead atoms. The number of nitrogens with zero attached hydrogens (tertiary/aromatic N) is 3. The first-order valence-electron chi connectivity index (χ1n) is 10.4. The summed E-state index contributed by atoms with van der Waals surface area (Å²) in [5, 5.41) is 6.46. The highest BCUT2D eigenvalue weighted by atomic mass is 127. The molecule has 2 aliphatic heterocycles. The van der Waals surface area contributed by atoms with Gasteiger partial charge in [-0.1, -0.05) is 12.1 Å². The molecule has 1 aromatic rings. The van der Waals surface area contributed by atoms with E-state index < -0.39 is 0 Å². The zero-order valence-electron chi connectivity index (χ0n) is 17.5. The van der Waals surface area contributed by atoms with Gasteiger partial charge in [0, 0.05) is 52.1 Å². The third-order valence-electron chi connectivity index (χ3n) is 5.38. The van der Waals surface area contributed by atoms with Crippen LogP contribution in [-0.4, -0.2) is 67.7 Å². The number of rotatable bonds is 5. The van der Waals surface area contributed by atoms with Crippen LogP contribution in [0.25, 0.3) is 0 Å². The second-order valence-electron chi connectivity index (χ2n) is 7.37. The molecule has 1 aromatic carbocycles. The standard InChI is InChI=1S/C21H33N5O2.HI/c1-3-28-19-9-13-25(14-10-19)20(22-2)23-16-17-7-6-8-18(15-17)24-21(27)26-11-4-5-12-26;/h6-8,15,19H,3-5,9-14,16H2,1-2H3,(H,22,23)(H,24,27);1H. The van der Waals surface area contributed by atoms with Crippen molar-refractivity contribution in [1.29, 1.82) is 0 Å². The lowest BCUT2D eigenvalue weighted by molar-refractivity contribution is 0.0263. The highest BCUT2D eigenvalue weighted by Gasteiger charge is 2.21. The lowest BCUT2D eigenvalue weighted by atomic mass is 10.1. The van der Waals surface area contributed by atoms with Crippen LogP contribution in [0.2, 0.25) is 0 Å². The Hall–Kier alpha value is -1.55. The summed E-state index contributed by atoms with van der Waals surface area (Å²) in [6, 6.07) is 8.00. The molecule has 0 spiro atoms. The molecule has 0 atom stereocenters. The van der Waals surface area contributed by atoms with Crippen molar-refractivity contribution >= 4 is 41.7 Å². The molecule has 162 valence electrons. The topological polar surface area (TPSA) is 69.2 Å². The summed E-state index contributed by atoms with van der Waals surface area (Å²) in [5.41, 5.74) is 1.95. The number of amides is 2. The minimum atomic E-state index is -0.00409. The minimum Gasteiger partial charge on any atom is -0.378 e. The van der Waals surface area contributed by atoms with E-state index in [-0.39, 0.29) is 30.0 Å². The first-order chi connectivity index (χ1) is 13.7. The molecule has 2 saturated heterocycles. The number of piperidine rings is 1. The lowest BCUT2D eigenvalue weighted by Gasteiger charge is -2.34. The molecule has 0 radical (unpaired) electrons. The van der Waals surface area contributed by atoms with Crippen molar-refractivity contribution in [2.75, 3.05) is 45.2 Å². The maximum atomic E-state index is 12.3. The molecule has 29 heavy (non-hydrogen) atoms. The Labute approximate surface area is 191 Å². The summed E-state index contributed by atoms with van der Waals surface area (Å²) in [6.07, 6.45) is 4.63. The van der Waals surface area contributed by atoms with Crippen molar-refractivity contribution in [2.24, 2.45) is 4.99 Å². The second-order valence-corrected chi connectivity index (χ2v) is 7.37. The van der Waals surface area contributed by atoms with E-state index in [0.717, 1.165) is 75.7 Å². The summed E-state index contributed by atoms with van der Waals surface area (Å²) in [6.45, 7) is 7.11. The zero-order chi connectivity index (χ0) is 19.8. The first kappa shape index (κ1) is 23.7. The number of anilines is 1. The average Bonchev–Trinajstić information content (AvgIpc) is 3.25. The van der Waals surface area contributed by atoms with Crippen molar-refractivity contribution in [3.63, 3.8) is 0 Å². The Bertz CT molecular complexity index is 671. The van der Waals surface area contributed by atoms with Crippen molar-refractivity contribution in [2.45, 2.75) is 45.3 Å². The molecular weight excluding hydrogens is 481 g/mol. The fraction of sp³-hybridized carbons (Fsp3) is 0.619. The zero-order valence-corrected chi connectivity index (χ0v) is 19.9. The molecule has 0 unspecified atom stereocenters. The number of hydrogen-bond donors (Lipinski definition) is 2. The number of benzene rings is 1. The van der Waals surface area contributed by atoms with Gasteiger partial charge in [0.15, 0.2) is 5.96 Å². The highest BCUT2D eigenvalue weighted by Crippen LogP contribution is 2.16. The molecule has 2 heterocycles. The number of halogens is 1. The third-order valence-corrected chi connectivity index (χ3v) is 5.38. The number of ether oxygens (including phenoxy) is 1. The molecule has 7 nitrogen and oxygen atoms in total. The van der Waals surface area contributed by atoms with E-state index >= 15 is 0 Å². The van der Waals surface area contributed by atoms with Crippen LogP contribution in [0, 0.1) is 0 Å². The normalized spacial score (nSPS) is 17.8. The number of carbonyl (C=O) groups is 1. The summed E-state index contributed by atoms with van der Waals surface area (Å²) in [5.74, 6) is 0.918. The van der Waals surface area contributed by atoms with Crippen molar-refractivity contribution in [1.82, 2.24) is 15.1 Å². The van der Waals surface area contributed by atoms with Crippen LogP contribution < -0.4 is 10.6 Å². The van der Waals surface area contributed by atoms with Crippen LogP contribution in [0.15, 0.2) is 29.3 Å². The summed E-state index contributed by atoms with van der Waals surface area (Å²) in [4.78, 5) is 20.9. The predicted molar refractivity (Wildman–Crippen MR) is 128 cm³/mol. The van der Waals surface area contributed by atoms with Crippen molar-refractivity contribution < 1.29 is 9.53 Å². The average molecular weight is 515 g/mol. The van der Waals surface area contributed by atoms with E-state index in [2.05, 4.69) is 33.5 Å². The van der Waals surface area contributed by atoms with Gasteiger partial charge >= 0.3 is 6.03 Å². The highest BCUT2D eigenvalue weighted by molar-refractivity contribution is 14.0. The van der Waals surface area contributed by atoms with Gasteiger partial charge in [-0.2, -0.15) is 0 Å². The SMILES string of the molecule is CCOC1CCN(C(=NC)NCc2cccc(NC(=O)N3CCCC3)c2)CC1.I. The van der Waals surface area contributed by atoms with Crippen LogP contribution in [-0.2, 0) is 11.3 Å². The minimum absolute atomic E-state index is 0. The largest absolute Gasteiger partial charge is 0.378 e. The molecule has 8 heteroatoms. The molecule has 2 aliphatic rings. The summed E-state index contributed by atoms with van der Waals surface area (Å²) < 4.78 is 5.73. The maximum Gasteiger partial charge on any atom is 0.321 e. The van der Waals surface area contributed by atoms with Crippen LogP contribution in [0.3, 0.4) is 0 Å². The van der Waals surface area contributed by atoms with E-state index in [1.807, 2.05) is 30.1 Å². The molecule has 0 aromatic heterocycles. The van der Waals surface area contributed by atoms with Gasteiger partial charge in [0.1, 0.15) is 0 Å². The van der Waals surface area contributed by atoms with Gasteiger partial charge < -0.3 is 25.2 Å². The number of hydrogen-bond acceptors (Lipinski definition) is 3. The summed E-state index contributed by atoms with van der Waals surface area (Å²) in [7, 11) is 1.82. The molecule has 0 aliphatic carbocycles. The molecule has 0 saturated carbocycles. The lowest BCUT2D eigenvalue weighted by Crippen LogP contribution is -2.46. The number of aliphatic imine (C=N–C) groups is 1. The maximum absolute atomic E-state index is 12.3. The fourth-order valence-electron chi connectivity index (χ4n) is 3.87. The quantitative estimate of drug-likeness (QED) is 0.358. The van der Waals surface area contributed by atoms with Gasteiger partial charge in [-0.15, -0.1) is 24.0 Å². The molecule has 2 amide bonds. The van der Waals surface area contributed by atoms with Crippen molar-refractivity contribution in [3.05, 3.63) is 29.8 Å². The Morgan fingerprint density at radius 1 is 1.17 bits per heavy atom. The van der Waals surface area contributed by atoms with Crippen molar-refractivity contribution in [3.8, 4) is 0 Å². The van der Waals surface area contributed by atoms with Gasteiger partial charge in [0.25, 0.3) is 0 Å². The van der Waals surface area contributed by atoms with Crippen LogP contribution in [0.5, 0.6) is 0 Å².